The molecule has 0 saturated heterocycles. The van der Waals surface area contributed by atoms with E-state index in [0.717, 1.165) is 0 Å². The smallest absolute Gasteiger partial charge is 0.296 e. The number of carbonyl (C=O) groups is 1. The molecule has 2 rings (SSSR count). The van der Waals surface area contributed by atoms with E-state index in [9.17, 15) is 20.0 Å². The molecule has 1 aromatic carbocycles. The van der Waals surface area contributed by atoms with Gasteiger partial charge >= 0.3 is 0 Å². The SMILES string of the molecule is Cn1cc(Br)cc1C(=O)Nc1c(O)cccc1[N+](=O)[O-]. The molecule has 1 amide bonds. The molecule has 0 atom stereocenters. The van der Waals surface area contributed by atoms with Gasteiger partial charge in [0, 0.05) is 23.8 Å². The van der Waals surface area contributed by atoms with Crippen LogP contribution in [-0.2, 0) is 7.05 Å². The van der Waals surface area contributed by atoms with E-state index in [1.54, 1.807) is 23.9 Å². The maximum atomic E-state index is 12.1. The highest BCUT2D eigenvalue weighted by atomic mass is 79.9. The second kappa shape index (κ2) is 5.33. The van der Waals surface area contributed by atoms with Gasteiger partial charge in [-0.25, -0.2) is 0 Å². The van der Waals surface area contributed by atoms with Crippen LogP contribution in [0.4, 0.5) is 11.4 Å². The van der Waals surface area contributed by atoms with Gasteiger partial charge < -0.3 is 15.0 Å². The molecule has 1 aromatic heterocycles. The Balaban J connectivity index is 2.37. The number of nitro groups is 1. The summed E-state index contributed by atoms with van der Waals surface area (Å²) >= 11 is 3.23. The molecule has 20 heavy (non-hydrogen) atoms. The first-order valence-electron chi connectivity index (χ1n) is 5.49. The zero-order chi connectivity index (χ0) is 14.9. The number of hydrogen-bond donors (Lipinski definition) is 2. The average Bonchev–Trinajstić information content (AvgIpc) is 2.70. The second-order valence-electron chi connectivity index (χ2n) is 4.04. The second-order valence-corrected chi connectivity index (χ2v) is 4.95. The van der Waals surface area contributed by atoms with E-state index < -0.39 is 10.8 Å². The summed E-state index contributed by atoms with van der Waals surface area (Å²) in [6.45, 7) is 0. The third-order valence-corrected chi connectivity index (χ3v) is 3.09. The normalized spacial score (nSPS) is 10.3. The van der Waals surface area contributed by atoms with Crippen molar-refractivity contribution in [2.75, 3.05) is 5.32 Å². The van der Waals surface area contributed by atoms with Crippen LogP contribution in [0.25, 0.3) is 0 Å². The Morgan fingerprint density at radius 1 is 1.50 bits per heavy atom. The van der Waals surface area contributed by atoms with Crippen LogP contribution in [-0.4, -0.2) is 20.5 Å². The number of nitrogens with zero attached hydrogens (tertiary/aromatic N) is 2. The number of nitrogens with one attached hydrogen (secondary N) is 1. The Kier molecular flexibility index (Phi) is 3.75. The molecule has 2 N–H and O–H groups in total. The van der Waals surface area contributed by atoms with Crippen LogP contribution in [0.2, 0.25) is 0 Å². The van der Waals surface area contributed by atoms with Gasteiger partial charge in [-0.2, -0.15) is 0 Å². The Morgan fingerprint density at radius 3 is 2.75 bits per heavy atom. The number of phenolic OH excluding ortho intramolecular Hbond substituents is 1. The van der Waals surface area contributed by atoms with Gasteiger partial charge in [-0.05, 0) is 28.1 Å². The number of nitro benzene ring substituents is 1. The van der Waals surface area contributed by atoms with Crippen molar-refractivity contribution in [2.45, 2.75) is 0 Å². The van der Waals surface area contributed by atoms with Crippen molar-refractivity contribution in [1.29, 1.82) is 0 Å². The van der Waals surface area contributed by atoms with E-state index in [4.69, 9.17) is 0 Å². The first kappa shape index (κ1) is 14.1. The Hall–Kier alpha value is -2.35. The average molecular weight is 340 g/mol. The largest absolute Gasteiger partial charge is 0.505 e. The van der Waals surface area contributed by atoms with Crippen LogP contribution in [0, 0.1) is 10.1 Å². The summed E-state index contributed by atoms with van der Waals surface area (Å²) in [5, 5.41) is 22.9. The van der Waals surface area contributed by atoms with Gasteiger partial charge in [0.15, 0.2) is 5.69 Å². The van der Waals surface area contributed by atoms with E-state index >= 15 is 0 Å². The number of carbonyl (C=O) groups excluding carboxylic acids is 1. The minimum atomic E-state index is -0.670. The van der Waals surface area contributed by atoms with E-state index in [0.29, 0.717) is 10.2 Å². The van der Waals surface area contributed by atoms with Crippen LogP contribution < -0.4 is 5.32 Å². The molecule has 0 aliphatic rings. The summed E-state index contributed by atoms with van der Waals surface area (Å²) in [6.07, 6.45) is 1.67. The molecule has 104 valence electrons. The van der Waals surface area contributed by atoms with Gasteiger partial charge in [0.2, 0.25) is 0 Å². The quantitative estimate of drug-likeness (QED) is 0.510. The fourth-order valence-electron chi connectivity index (χ4n) is 1.74. The minimum Gasteiger partial charge on any atom is -0.505 e. The first-order valence-corrected chi connectivity index (χ1v) is 6.29. The lowest BCUT2D eigenvalue weighted by Crippen LogP contribution is -2.16. The lowest BCUT2D eigenvalue weighted by atomic mass is 10.2. The highest BCUT2D eigenvalue weighted by Crippen LogP contribution is 2.33. The molecule has 2 aromatic rings. The molecule has 8 heteroatoms. The number of aromatic hydroxyl groups is 1. The number of hydrogen-bond acceptors (Lipinski definition) is 4. The van der Waals surface area contributed by atoms with Gasteiger partial charge in [0.25, 0.3) is 11.6 Å². The number of aryl methyl sites for hydroxylation is 1. The molecule has 0 bridgehead atoms. The highest BCUT2D eigenvalue weighted by Gasteiger charge is 2.21. The van der Waals surface area contributed by atoms with Crippen molar-refractivity contribution in [3.63, 3.8) is 0 Å². The van der Waals surface area contributed by atoms with Gasteiger partial charge in [0.1, 0.15) is 11.4 Å². The van der Waals surface area contributed by atoms with Crippen molar-refractivity contribution >= 4 is 33.2 Å². The predicted molar refractivity (Wildman–Crippen MR) is 75.8 cm³/mol. The third-order valence-electron chi connectivity index (χ3n) is 2.66. The monoisotopic (exact) mass is 339 g/mol. The van der Waals surface area contributed by atoms with Gasteiger partial charge in [-0.3, -0.25) is 14.9 Å². The van der Waals surface area contributed by atoms with Gasteiger partial charge in [-0.15, -0.1) is 0 Å². The van der Waals surface area contributed by atoms with E-state index in [2.05, 4.69) is 21.2 Å². The summed E-state index contributed by atoms with van der Waals surface area (Å²) in [5.41, 5.74) is -0.291. The number of amides is 1. The van der Waals surface area contributed by atoms with Gasteiger partial charge in [-0.1, -0.05) is 6.07 Å². The Bertz CT molecular complexity index is 696. The number of anilines is 1. The van der Waals surface area contributed by atoms with Crippen LogP contribution in [0.1, 0.15) is 10.5 Å². The fourth-order valence-corrected chi connectivity index (χ4v) is 2.26. The summed E-state index contributed by atoms with van der Waals surface area (Å²) < 4.78 is 2.27. The fraction of sp³-hybridized carbons (Fsp3) is 0.0833. The number of aromatic nitrogens is 1. The molecule has 0 unspecified atom stereocenters. The van der Waals surface area contributed by atoms with Crippen molar-refractivity contribution in [2.24, 2.45) is 7.05 Å². The molecule has 7 nitrogen and oxygen atoms in total. The van der Waals surface area contributed by atoms with Crippen molar-refractivity contribution in [3.8, 4) is 5.75 Å². The first-order chi connectivity index (χ1) is 9.40. The van der Waals surface area contributed by atoms with Crippen molar-refractivity contribution in [1.82, 2.24) is 4.57 Å². The van der Waals surface area contributed by atoms with Crippen LogP contribution in [0.3, 0.4) is 0 Å². The van der Waals surface area contributed by atoms with E-state index in [-0.39, 0.29) is 17.1 Å². The zero-order valence-electron chi connectivity index (χ0n) is 10.3. The molecular weight excluding hydrogens is 330 g/mol. The number of halogens is 1. The standard InChI is InChI=1S/C12H10BrN3O4/c1-15-6-7(13)5-9(15)12(18)14-11-8(16(19)20)3-2-4-10(11)17/h2-6,17H,1H3,(H,14,18). The molecule has 0 saturated carbocycles. The zero-order valence-corrected chi connectivity index (χ0v) is 11.9. The lowest BCUT2D eigenvalue weighted by molar-refractivity contribution is -0.384. The summed E-state index contributed by atoms with van der Waals surface area (Å²) in [4.78, 5) is 22.3. The van der Waals surface area contributed by atoms with Crippen LogP contribution in [0.15, 0.2) is 34.9 Å². The molecule has 1 heterocycles. The summed E-state index contributed by atoms with van der Waals surface area (Å²) in [5.74, 6) is -0.913. The van der Waals surface area contributed by atoms with Crippen LogP contribution in [0.5, 0.6) is 5.75 Å². The number of para-hydroxylation sites is 1. The van der Waals surface area contributed by atoms with Crippen LogP contribution >= 0.6 is 15.9 Å². The van der Waals surface area contributed by atoms with E-state index in [1.165, 1.54) is 18.2 Å². The lowest BCUT2D eigenvalue weighted by Gasteiger charge is -2.08. The van der Waals surface area contributed by atoms with Crippen molar-refractivity contribution in [3.05, 3.63) is 50.7 Å². The Morgan fingerprint density at radius 2 is 2.20 bits per heavy atom. The predicted octanol–water partition coefficient (Wildman–Crippen LogP) is 2.65. The highest BCUT2D eigenvalue weighted by molar-refractivity contribution is 9.10. The molecule has 0 radical (unpaired) electrons. The molecular formula is C12H10BrN3O4. The van der Waals surface area contributed by atoms with Gasteiger partial charge in [0.05, 0.1) is 4.92 Å². The molecule has 0 fully saturated rings. The minimum absolute atomic E-state index is 0.222. The summed E-state index contributed by atoms with van der Waals surface area (Å²) in [7, 11) is 1.67. The molecule has 0 aliphatic carbocycles. The third kappa shape index (κ3) is 2.64. The Labute approximate surface area is 122 Å². The number of phenols is 1. The topological polar surface area (TPSA) is 97.4 Å². The van der Waals surface area contributed by atoms with Crippen molar-refractivity contribution < 1.29 is 14.8 Å². The molecule has 0 spiro atoms. The van der Waals surface area contributed by atoms with E-state index in [1.807, 2.05) is 0 Å². The molecule has 0 aliphatic heterocycles. The maximum Gasteiger partial charge on any atom is 0.296 e. The summed E-state index contributed by atoms with van der Waals surface area (Å²) in [6, 6.07) is 5.38. The number of rotatable bonds is 3. The maximum absolute atomic E-state index is 12.1. The number of benzene rings is 1.